The fraction of sp³-hybridized carbons (Fsp3) is 0.121. The van der Waals surface area contributed by atoms with Crippen molar-refractivity contribution in [1.82, 2.24) is 4.57 Å². The summed E-state index contributed by atoms with van der Waals surface area (Å²) in [6.45, 7) is 1.87. The molecule has 1 atom stereocenters. The van der Waals surface area contributed by atoms with E-state index in [-0.39, 0.29) is 23.4 Å². The highest BCUT2D eigenvalue weighted by Crippen LogP contribution is 2.36. The van der Waals surface area contributed by atoms with Gasteiger partial charge in [0.1, 0.15) is 17.3 Å². The van der Waals surface area contributed by atoms with E-state index in [1.165, 1.54) is 28.0 Å². The van der Waals surface area contributed by atoms with Crippen molar-refractivity contribution in [2.45, 2.75) is 13.0 Å². The van der Waals surface area contributed by atoms with Gasteiger partial charge in [0.2, 0.25) is 0 Å². The number of methoxy groups -OCH3 is 1. The molecule has 1 aliphatic rings. The Morgan fingerprint density at radius 3 is 2.52 bits per heavy atom. The molecule has 0 fully saturated rings. The molecule has 0 saturated carbocycles. The van der Waals surface area contributed by atoms with Crippen LogP contribution in [0, 0.1) is 10.1 Å². The molecule has 0 saturated heterocycles. The lowest BCUT2D eigenvalue weighted by molar-refractivity contribution is -0.384. The van der Waals surface area contributed by atoms with Crippen LogP contribution in [-0.4, -0.2) is 29.2 Å². The number of rotatable bonds is 8. The number of aromatic nitrogens is 1. The van der Waals surface area contributed by atoms with E-state index in [9.17, 15) is 19.7 Å². The van der Waals surface area contributed by atoms with Crippen LogP contribution in [0.3, 0.4) is 0 Å². The molecule has 220 valence electrons. The second kappa shape index (κ2) is 12.0. The van der Waals surface area contributed by atoms with Gasteiger partial charge in [-0.05, 0) is 48.9 Å². The zero-order valence-corrected chi connectivity index (χ0v) is 24.4. The first-order chi connectivity index (χ1) is 21.4. The predicted octanol–water partition coefficient (Wildman–Crippen LogP) is 5.11. The summed E-state index contributed by atoms with van der Waals surface area (Å²) in [4.78, 5) is 43.5. The third kappa shape index (κ3) is 5.36. The molecule has 1 aliphatic heterocycles. The Hall–Kier alpha value is -5.55. The number of hydrogen-bond donors (Lipinski definition) is 0. The van der Waals surface area contributed by atoms with Crippen molar-refractivity contribution in [3.05, 3.63) is 143 Å². The van der Waals surface area contributed by atoms with Gasteiger partial charge in [-0.2, -0.15) is 0 Å². The molecule has 1 unspecified atom stereocenters. The van der Waals surface area contributed by atoms with Crippen molar-refractivity contribution < 1.29 is 23.6 Å². The number of benzene rings is 3. The summed E-state index contributed by atoms with van der Waals surface area (Å²) in [5, 5.41) is 11.0. The van der Waals surface area contributed by atoms with Crippen LogP contribution in [0.4, 0.5) is 5.69 Å². The predicted molar refractivity (Wildman–Crippen MR) is 165 cm³/mol. The molecule has 3 heterocycles. The van der Waals surface area contributed by atoms with Gasteiger partial charge in [0, 0.05) is 29.3 Å². The molecule has 0 bridgehead atoms. The van der Waals surface area contributed by atoms with Gasteiger partial charge in [0.15, 0.2) is 4.80 Å². The molecule has 44 heavy (non-hydrogen) atoms. The summed E-state index contributed by atoms with van der Waals surface area (Å²) in [5.74, 6) is 0.898. The fourth-order valence-electron chi connectivity index (χ4n) is 5.03. The Kier molecular flexibility index (Phi) is 7.78. The lowest BCUT2D eigenvalue weighted by Gasteiger charge is -2.26. The van der Waals surface area contributed by atoms with E-state index in [1.54, 1.807) is 62.6 Å². The minimum atomic E-state index is -0.843. The molecule has 3 aromatic carbocycles. The number of hydrogen-bond acceptors (Lipinski definition) is 9. The molecule has 0 N–H and O–H groups in total. The van der Waals surface area contributed by atoms with Gasteiger partial charge in [-0.25, -0.2) is 9.79 Å². The number of thiazole rings is 1. The standard InChI is InChI=1S/C33H25N3O7S/c1-3-42-32(38)28-29(21-8-5-4-6-9-21)34-33-35(30(28)22-10-7-11-24(18-22)41-2)31(37)27(44-33)19-25-16-17-26(43-25)20-12-14-23(15-13-20)36(39)40/h4-19,30H,3H2,1-2H3/b27-19-. The molecule has 6 rings (SSSR count). The van der Waals surface area contributed by atoms with E-state index in [0.717, 1.165) is 0 Å². The van der Waals surface area contributed by atoms with E-state index in [4.69, 9.17) is 18.9 Å². The Morgan fingerprint density at radius 1 is 1.05 bits per heavy atom. The lowest BCUT2D eigenvalue weighted by Crippen LogP contribution is -2.40. The third-order valence-corrected chi connectivity index (χ3v) is 8.03. The summed E-state index contributed by atoms with van der Waals surface area (Å²) in [6.07, 6.45) is 1.62. The average Bonchev–Trinajstić information content (AvgIpc) is 3.64. The van der Waals surface area contributed by atoms with Crippen molar-refractivity contribution >= 4 is 34.8 Å². The minimum absolute atomic E-state index is 0.0238. The number of nitro benzene ring substituents is 1. The average molecular weight is 608 g/mol. The van der Waals surface area contributed by atoms with Crippen molar-refractivity contribution in [2.24, 2.45) is 4.99 Å². The number of ether oxygens (including phenoxy) is 2. The van der Waals surface area contributed by atoms with Crippen molar-refractivity contribution in [1.29, 1.82) is 0 Å². The van der Waals surface area contributed by atoms with Crippen LogP contribution in [-0.2, 0) is 9.53 Å². The third-order valence-electron chi connectivity index (χ3n) is 7.05. The molecule has 2 aromatic heterocycles. The molecule has 11 heteroatoms. The van der Waals surface area contributed by atoms with Crippen LogP contribution < -0.4 is 19.6 Å². The molecule has 0 radical (unpaired) electrons. The van der Waals surface area contributed by atoms with Crippen molar-refractivity contribution in [3.63, 3.8) is 0 Å². The first-order valence-electron chi connectivity index (χ1n) is 13.6. The number of nitro groups is 1. The maximum Gasteiger partial charge on any atom is 0.338 e. The van der Waals surface area contributed by atoms with Gasteiger partial charge >= 0.3 is 5.97 Å². The summed E-state index contributed by atoms with van der Waals surface area (Å²) in [6, 6.07) is 25.1. The molecule has 5 aromatic rings. The van der Waals surface area contributed by atoms with Crippen LogP contribution in [0.2, 0.25) is 0 Å². The topological polar surface area (TPSA) is 126 Å². The fourth-order valence-corrected chi connectivity index (χ4v) is 6.01. The molecule has 10 nitrogen and oxygen atoms in total. The highest BCUT2D eigenvalue weighted by atomic mass is 32.1. The number of carbonyl (C=O) groups is 1. The van der Waals surface area contributed by atoms with Gasteiger partial charge in [0.25, 0.3) is 11.2 Å². The SMILES string of the molecule is CCOC(=O)C1=C(c2ccccc2)N=c2s/c(=C\c3ccc(-c4ccc([N+](=O)[O-])cc4)o3)c(=O)n2C1c1cccc(OC)c1. The monoisotopic (exact) mass is 607 g/mol. The summed E-state index contributed by atoms with van der Waals surface area (Å²) in [7, 11) is 1.55. The number of fused-ring (bicyclic) bond motifs is 1. The van der Waals surface area contributed by atoms with Gasteiger partial charge in [-0.1, -0.05) is 53.8 Å². The molecule has 0 amide bonds. The quantitative estimate of drug-likeness (QED) is 0.136. The van der Waals surface area contributed by atoms with E-state index in [0.29, 0.717) is 49.0 Å². The number of esters is 1. The van der Waals surface area contributed by atoms with Gasteiger partial charge in [0.05, 0.1) is 40.5 Å². The Labute approximate surface area is 254 Å². The highest BCUT2D eigenvalue weighted by molar-refractivity contribution is 7.07. The van der Waals surface area contributed by atoms with Crippen LogP contribution in [0.25, 0.3) is 23.1 Å². The van der Waals surface area contributed by atoms with Gasteiger partial charge in [-0.15, -0.1) is 0 Å². The number of carbonyl (C=O) groups excluding carboxylic acids is 1. The maximum absolute atomic E-state index is 14.1. The zero-order chi connectivity index (χ0) is 30.8. The zero-order valence-electron chi connectivity index (χ0n) is 23.6. The van der Waals surface area contributed by atoms with E-state index < -0.39 is 16.9 Å². The Balaban J connectivity index is 1.53. The van der Waals surface area contributed by atoms with Crippen LogP contribution in [0.1, 0.15) is 29.9 Å². The number of furan rings is 1. The van der Waals surface area contributed by atoms with Crippen LogP contribution in [0.5, 0.6) is 5.75 Å². The second-order valence-corrected chi connectivity index (χ2v) is 10.7. The van der Waals surface area contributed by atoms with E-state index in [2.05, 4.69) is 0 Å². The van der Waals surface area contributed by atoms with Crippen molar-refractivity contribution in [2.75, 3.05) is 13.7 Å². The molecule has 0 spiro atoms. The molecular weight excluding hydrogens is 582 g/mol. The Bertz CT molecular complexity index is 2090. The van der Waals surface area contributed by atoms with Crippen LogP contribution in [0.15, 0.2) is 111 Å². The minimum Gasteiger partial charge on any atom is -0.497 e. The maximum atomic E-state index is 14.1. The molecule has 0 aliphatic carbocycles. The first-order valence-corrected chi connectivity index (χ1v) is 14.5. The number of non-ortho nitro benzene ring substituents is 1. The summed E-state index contributed by atoms with van der Waals surface area (Å²) in [5.41, 5.74) is 2.29. The van der Waals surface area contributed by atoms with E-state index in [1.807, 2.05) is 36.4 Å². The second-order valence-electron chi connectivity index (χ2n) is 9.71. The molecular formula is C33H25N3O7S. The number of nitrogens with zero attached hydrogens (tertiary/aromatic N) is 3. The van der Waals surface area contributed by atoms with E-state index >= 15 is 0 Å². The summed E-state index contributed by atoms with van der Waals surface area (Å²) >= 11 is 1.18. The van der Waals surface area contributed by atoms with Crippen molar-refractivity contribution in [3.8, 4) is 17.1 Å². The van der Waals surface area contributed by atoms with Crippen LogP contribution >= 0.6 is 11.3 Å². The normalized spacial score (nSPS) is 14.6. The van der Waals surface area contributed by atoms with Gasteiger partial charge < -0.3 is 13.9 Å². The first kappa shape index (κ1) is 28.6. The smallest absolute Gasteiger partial charge is 0.338 e. The van der Waals surface area contributed by atoms with Gasteiger partial charge in [-0.3, -0.25) is 19.5 Å². The lowest BCUT2D eigenvalue weighted by atomic mass is 9.93. The summed E-state index contributed by atoms with van der Waals surface area (Å²) < 4.78 is 18.8. The largest absolute Gasteiger partial charge is 0.497 e. The highest BCUT2D eigenvalue weighted by Gasteiger charge is 2.35. The Morgan fingerprint density at radius 2 is 1.82 bits per heavy atom.